The number of allylic oxidation sites excluding steroid dienone is 5. The van der Waals surface area contributed by atoms with E-state index in [-0.39, 0.29) is 12.2 Å². The fourth-order valence-corrected chi connectivity index (χ4v) is 7.36. The lowest BCUT2D eigenvalue weighted by molar-refractivity contribution is -0.139. The first-order valence-electron chi connectivity index (χ1n) is 16.7. The van der Waals surface area contributed by atoms with Gasteiger partial charge in [-0.2, -0.15) is 0 Å². The molecule has 5 rings (SSSR count). The van der Waals surface area contributed by atoms with Crippen molar-refractivity contribution < 1.29 is 19.1 Å². The first kappa shape index (κ1) is 34.3. The number of esters is 1. The lowest BCUT2D eigenvalue weighted by Crippen LogP contribution is -2.55. The van der Waals surface area contributed by atoms with Crippen LogP contribution in [0.2, 0.25) is 0 Å². The van der Waals surface area contributed by atoms with Crippen molar-refractivity contribution in [2.45, 2.75) is 65.5 Å². The molecule has 1 aromatic rings. The van der Waals surface area contributed by atoms with E-state index in [2.05, 4.69) is 64.9 Å². The van der Waals surface area contributed by atoms with E-state index in [9.17, 15) is 14.4 Å². The zero-order valence-corrected chi connectivity index (χ0v) is 29.9. The van der Waals surface area contributed by atoms with Crippen molar-refractivity contribution in [2.75, 3.05) is 39.3 Å². The molecule has 2 fully saturated rings. The molecule has 2 aliphatic heterocycles. The van der Waals surface area contributed by atoms with Gasteiger partial charge in [-0.15, -0.1) is 18.5 Å². The van der Waals surface area contributed by atoms with Gasteiger partial charge in [0.25, 0.3) is 0 Å². The van der Waals surface area contributed by atoms with E-state index in [4.69, 9.17) is 4.74 Å². The summed E-state index contributed by atoms with van der Waals surface area (Å²) in [6.07, 6.45) is 12.1. The van der Waals surface area contributed by atoms with Crippen LogP contribution in [-0.4, -0.2) is 78.1 Å². The second kappa shape index (κ2) is 15.3. The molecule has 2 aliphatic carbocycles. The van der Waals surface area contributed by atoms with Crippen molar-refractivity contribution >= 4 is 47.1 Å². The number of carbonyl (C=O) groups is 3. The summed E-state index contributed by atoms with van der Waals surface area (Å²) in [5.74, 6) is 0.942. The number of carbonyl (C=O) groups excluding carboxylic acids is 3. The summed E-state index contributed by atoms with van der Waals surface area (Å²) < 4.78 is 5.44. The average Bonchev–Trinajstić information content (AvgIpc) is 3.84. The van der Waals surface area contributed by atoms with Crippen molar-refractivity contribution in [3.63, 3.8) is 0 Å². The number of amides is 4. The van der Waals surface area contributed by atoms with Crippen LogP contribution in [-0.2, 0) is 9.53 Å². The zero-order valence-electron chi connectivity index (χ0n) is 27.6. The summed E-state index contributed by atoms with van der Waals surface area (Å²) >= 11 is 0. The van der Waals surface area contributed by atoms with Crippen LogP contribution in [0.5, 0.6) is 0 Å². The first-order valence-corrected chi connectivity index (χ1v) is 17.8. The highest BCUT2D eigenvalue weighted by Gasteiger charge is 2.43. The number of urea groups is 2. The Morgan fingerprint density at radius 3 is 2.67 bits per heavy atom. The van der Waals surface area contributed by atoms with Gasteiger partial charge in [0, 0.05) is 44.5 Å². The van der Waals surface area contributed by atoms with Crippen LogP contribution >= 0.6 is 18.5 Å². The molecule has 1 saturated heterocycles. The average molecular weight is 666 g/mol. The number of rotatable bonds is 11. The maximum Gasteiger partial charge on any atom is 0.338 e. The Morgan fingerprint density at radius 2 is 1.96 bits per heavy atom. The van der Waals surface area contributed by atoms with Gasteiger partial charge in [-0.1, -0.05) is 38.1 Å². The van der Waals surface area contributed by atoms with Crippen LogP contribution < -0.4 is 21.2 Å². The van der Waals surface area contributed by atoms with Crippen LogP contribution in [0.15, 0.2) is 65.0 Å². The molecule has 0 radical (unpaired) electrons. The Bertz CT molecular complexity index is 1470. The Morgan fingerprint density at radius 1 is 1.15 bits per heavy atom. The van der Waals surface area contributed by atoms with E-state index in [0.717, 1.165) is 66.4 Å². The third-order valence-corrected chi connectivity index (χ3v) is 10.9. The number of fused-ring (bicyclic) bond motifs is 1. The molecule has 248 valence electrons. The third-order valence-electron chi connectivity index (χ3n) is 9.56. The predicted octanol–water partition coefficient (Wildman–Crippen LogP) is 4.51. The monoisotopic (exact) mass is 665 g/mol. The van der Waals surface area contributed by atoms with E-state index in [1.165, 1.54) is 12.1 Å². The zero-order chi connectivity index (χ0) is 33.0. The van der Waals surface area contributed by atoms with Crippen LogP contribution in [0.4, 0.5) is 9.59 Å². The van der Waals surface area contributed by atoms with Gasteiger partial charge in [0.2, 0.25) is 0 Å². The van der Waals surface area contributed by atoms with E-state index in [1.54, 1.807) is 18.6 Å². The van der Waals surface area contributed by atoms with Gasteiger partial charge in [0.15, 0.2) is 0 Å². The summed E-state index contributed by atoms with van der Waals surface area (Å²) in [5.41, 5.74) is 4.18. The maximum absolute atomic E-state index is 13.8. The van der Waals surface area contributed by atoms with Gasteiger partial charge in [0.1, 0.15) is 6.04 Å². The van der Waals surface area contributed by atoms with Crippen molar-refractivity contribution in [1.82, 2.24) is 25.3 Å². The van der Waals surface area contributed by atoms with Gasteiger partial charge >= 0.3 is 18.0 Å². The highest BCUT2D eigenvalue weighted by atomic mass is 31.0. The highest BCUT2D eigenvalue weighted by molar-refractivity contribution is 7.35. The summed E-state index contributed by atoms with van der Waals surface area (Å²) in [7, 11) is 5.34. The molecule has 0 aromatic heterocycles. The Balaban J connectivity index is 1.27. The fourth-order valence-electron chi connectivity index (χ4n) is 6.89. The molecule has 0 spiro atoms. The maximum atomic E-state index is 13.8. The molecule has 2 heterocycles. The smallest absolute Gasteiger partial charge is 0.338 e. The topological polar surface area (TPSA) is 94.2 Å². The molecular weight excluding hydrogens is 616 g/mol. The van der Waals surface area contributed by atoms with Crippen LogP contribution in [0.1, 0.15) is 65.0 Å². The lowest BCUT2D eigenvalue weighted by atomic mass is 9.93. The molecule has 4 aliphatic rings. The van der Waals surface area contributed by atoms with Gasteiger partial charge in [0.05, 0.1) is 17.9 Å². The summed E-state index contributed by atoms with van der Waals surface area (Å²) in [6, 6.07) is 3.96. The molecule has 5 unspecified atom stereocenters. The van der Waals surface area contributed by atoms with Crippen molar-refractivity contribution in [1.29, 1.82) is 0 Å². The second-order valence-corrected chi connectivity index (χ2v) is 13.8. The molecule has 6 atom stereocenters. The number of benzene rings is 1. The Kier molecular flexibility index (Phi) is 11.4. The van der Waals surface area contributed by atoms with Gasteiger partial charge in [-0.3, -0.25) is 4.90 Å². The number of hydrogen-bond acceptors (Lipinski definition) is 6. The number of imide groups is 1. The molecule has 46 heavy (non-hydrogen) atoms. The molecule has 0 bridgehead atoms. The molecule has 9 nitrogen and oxygen atoms in total. The minimum absolute atomic E-state index is 0.168. The number of piperazine rings is 1. The molecule has 11 heteroatoms. The first-order chi connectivity index (χ1) is 22.2. The number of hydrogen-bond donors (Lipinski definition) is 2. The van der Waals surface area contributed by atoms with E-state index >= 15 is 0 Å². The number of nitrogens with one attached hydrogen (secondary N) is 2. The summed E-state index contributed by atoms with van der Waals surface area (Å²) in [4.78, 5) is 46.9. The van der Waals surface area contributed by atoms with Crippen LogP contribution in [0, 0.1) is 11.8 Å². The van der Waals surface area contributed by atoms with Crippen molar-refractivity contribution in [2.24, 2.45) is 11.8 Å². The highest BCUT2D eigenvalue weighted by Crippen LogP contribution is 2.49. The van der Waals surface area contributed by atoms with Crippen LogP contribution in [0.25, 0.3) is 0 Å². The predicted molar refractivity (Wildman–Crippen MR) is 190 cm³/mol. The van der Waals surface area contributed by atoms with Crippen LogP contribution in [0.3, 0.4) is 0 Å². The second-order valence-electron chi connectivity index (χ2n) is 12.5. The minimum atomic E-state index is -0.954. The third kappa shape index (κ3) is 7.43. The summed E-state index contributed by atoms with van der Waals surface area (Å²) in [6.45, 7) is 12.7. The van der Waals surface area contributed by atoms with E-state index < -0.39 is 24.1 Å². The minimum Gasteiger partial charge on any atom is -0.463 e. The standard InChI is InChI=1S/C35H49N5O4P2/c1-5-8-10-27-31(33(41)44-7-3)32(24-12-14-29(45)30(46)20-24)40(35(43)37-27)34(42)36-15-9-16-38-17-18-39(21-25(38)6-2)28-13-11-23-19-26(23)22(28)4/h8,10-14,20,23,25-26,32H,5-7,9,15-19,21,45-46H2,1-4H3,(H,36,42)(H,37,43)/b10-8+/t23?,25-,26?,32?/m0/s1. The van der Waals surface area contributed by atoms with E-state index in [1.807, 2.05) is 31.2 Å². The quantitative estimate of drug-likeness (QED) is 0.205. The van der Waals surface area contributed by atoms with E-state index in [0.29, 0.717) is 30.3 Å². The summed E-state index contributed by atoms with van der Waals surface area (Å²) in [5, 5.41) is 7.60. The fraction of sp³-hybridized carbons (Fsp3) is 0.514. The molecule has 1 saturated carbocycles. The van der Waals surface area contributed by atoms with Crippen molar-refractivity contribution in [3.05, 3.63) is 70.6 Å². The van der Waals surface area contributed by atoms with Crippen molar-refractivity contribution in [3.8, 4) is 0 Å². The van der Waals surface area contributed by atoms with Gasteiger partial charge < -0.3 is 20.3 Å². The number of ether oxygens (including phenoxy) is 1. The number of nitrogens with zero attached hydrogens (tertiary/aromatic N) is 3. The molecule has 4 amide bonds. The van der Waals surface area contributed by atoms with Gasteiger partial charge in [-0.05, 0) is 91.3 Å². The lowest BCUT2D eigenvalue weighted by Gasteiger charge is -2.43. The molecule has 2 N–H and O–H groups in total. The molecule has 1 aromatic carbocycles. The van der Waals surface area contributed by atoms with Gasteiger partial charge in [-0.25, -0.2) is 19.3 Å². The normalized spacial score (nSPS) is 24.8. The largest absolute Gasteiger partial charge is 0.463 e. The Labute approximate surface area is 278 Å². The Hall–Kier alpha value is -2.99. The SMILES string of the molecule is CC/C=C/C1=C(C(=O)OCC)C(c2ccc(P)c(P)c2)N(C(=O)NCCCN2CCN(C3=C(C)C4CC4C=C3)C[C@@H]2CC)C(=O)N1. The molecular formula is C35H49N5O4P2.